The SMILES string of the molecule is CC[C@@]1(NC(=O)OC(C)(C)C)C[C@H]1c1ccc(NC(=O)c2ccc(NCCO)cc2)cc1. The Kier molecular flexibility index (Phi) is 7.09. The van der Waals surface area contributed by atoms with Crippen LogP contribution in [-0.2, 0) is 4.74 Å². The van der Waals surface area contributed by atoms with Crippen molar-refractivity contribution in [2.24, 2.45) is 0 Å². The summed E-state index contributed by atoms with van der Waals surface area (Å²) in [4.78, 5) is 24.8. The average Bonchev–Trinajstić information content (AvgIpc) is 3.45. The minimum Gasteiger partial charge on any atom is -0.444 e. The number of ether oxygens (including phenoxy) is 1. The van der Waals surface area contributed by atoms with Gasteiger partial charge in [-0.3, -0.25) is 4.79 Å². The summed E-state index contributed by atoms with van der Waals surface area (Å²) < 4.78 is 5.42. The number of carbonyl (C=O) groups is 2. The lowest BCUT2D eigenvalue weighted by Gasteiger charge is -2.23. The van der Waals surface area contributed by atoms with Crippen LogP contribution >= 0.6 is 0 Å². The highest BCUT2D eigenvalue weighted by Gasteiger charge is 2.55. The molecule has 7 nitrogen and oxygen atoms in total. The first-order chi connectivity index (χ1) is 15.2. The van der Waals surface area contributed by atoms with Crippen LogP contribution in [0.2, 0.25) is 0 Å². The van der Waals surface area contributed by atoms with Gasteiger partial charge in [0, 0.05) is 29.4 Å². The van der Waals surface area contributed by atoms with Gasteiger partial charge >= 0.3 is 6.09 Å². The number of aliphatic hydroxyl groups excluding tert-OH is 1. The Morgan fingerprint density at radius 3 is 2.25 bits per heavy atom. The predicted octanol–water partition coefficient (Wildman–Crippen LogP) is 4.50. The fourth-order valence-electron chi connectivity index (χ4n) is 3.81. The van der Waals surface area contributed by atoms with Gasteiger partial charge in [-0.1, -0.05) is 19.1 Å². The van der Waals surface area contributed by atoms with Gasteiger partial charge in [-0.05, 0) is 75.6 Å². The summed E-state index contributed by atoms with van der Waals surface area (Å²) in [6.45, 7) is 8.14. The van der Waals surface area contributed by atoms with Crippen molar-refractivity contribution in [2.45, 2.75) is 57.6 Å². The number of aliphatic hydroxyl groups is 1. The number of hydrogen-bond donors (Lipinski definition) is 4. The minimum absolute atomic E-state index is 0.0511. The van der Waals surface area contributed by atoms with E-state index in [1.165, 1.54) is 0 Å². The molecule has 2 aromatic rings. The average molecular weight is 440 g/mol. The standard InChI is InChI=1S/C25H33N3O4/c1-5-25(28-23(31)32-24(2,3)4)16-21(25)17-6-12-20(13-7-17)27-22(30)18-8-10-19(11-9-18)26-14-15-29/h6-13,21,26,29H,5,14-16H2,1-4H3,(H,27,30)(H,28,31)/t21-,25+/m0/s1. The minimum atomic E-state index is -0.528. The summed E-state index contributed by atoms with van der Waals surface area (Å²) in [5.74, 6) is 0.0381. The second kappa shape index (κ2) is 9.61. The van der Waals surface area contributed by atoms with E-state index in [0.717, 1.165) is 24.1 Å². The van der Waals surface area contributed by atoms with Gasteiger partial charge in [0.25, 0.3) is 5.91 Å². The molecule has 0 unspecified atom stereocenters. The van der Waals surface area contributed by atoms with Gasteiger partial charge in [0.15, 0.2) is 0 Å². The highest BCUT2D eigenvalue weighted by atomic mass is 16.6. The van der Waals surface area contributed by atoms with Crippen LogP contribution in [0.15, 0.2) is 48.5 Å². The number of carbonyl (C=O) groups excluding carboxylic acids is 2. The fraction of sp³-hybridized carbons (Fsp3) is 0.440. The molecule has 172 valence electrons. The topological polar surface area (TPSA) is 99.7 Å². The molecule has 1 fully saturated rings. The third-order valence-electron chi connectivity index (χ3n) is 5.62. The zero-order valence-corrected chi connectivity index (χ0v) is 19.2. The first-order valence-corrected chi connectivity index (χ1v) is 11.0. The molecular formula is C25H33N3O4. The monoisotopic (exact) mass is 439 g/mol. The highest BCUT2D eigenvalue weighted by molar-refractivity contribution is 6.04. The van der Waals surface area contributed by atoms with Gasteiger partial charge in [0.05, 0.1) is 12.1 Å². The molecule has 32 heavy (non-hydrogen) atoms. The number of alkyl carbamates (subject to hydrolysis) is 1. The zero-order valence-electron chi connectivity index (χ0n) is 19.2. The van der Waals surface area contributed by atoms with Gasteiger partial charge in [-0.15, -0.1) is 0 Å². The van der Waals surface area contributed by atoms with Crippen molar-refractivity contribution >= 4 is 23.4 Å². The Hall–Kier alpha value is -3.06. The Bertz CT molecular complexity index is 935. The summed E-state index contributed by atoms with van der Waals surface area (Å²) >= 11 is 0. The van der Waals surface area contributed by atoms with Crippen molar-refractivity contribution in [3.05, 3.63) is 59.7 Å². The van der Waals surface area contributed by atoms with Crippen LogP contribution in [0.3, 0.4) is 0 Å². The summed E-state index contributed by atoms with van der Waals surface area (Å²) in [7, 11) is 0. The van der Waals surface area contributed by atoms with E-state index in [-0.39, 0.29) is 30.1 Å². The van der Waals surface area contributed by atoms with Crippen LogP contribution in [0.4, 0.5) is 16.2 Å². The van der Waals surface area contributed by atoms with Crippen LogP contribution in [-0.4, -0.2) is 41.4 Å². The van der Waals surface area contributed by atoms with E-state index in [0.29, 0.717) is 17.8 Å². The molecule has 0 spiro atoms. The maximum atomic E-state index is 12.5. The molecule has 0 radical (unpaired) electrons. The summed E-state index contributed by atoms with van der Waals surface area (Å²) in [6, 6.07) is 14.9. The van der Waals surface area contributed by atoms with Gasteiger partial charge in [0.1, 0.15) is 5.60 Å². The predicted molar refractivity (Wildman–Crippen MR) is 126 cm³/mol. The second-order valence-corrected chi connectivity index (χ2v) is 9.20. The van der Waals surface area contributed by atoms with Crippen molar-refractivity contribution < 1.29 is 19.4 Å². The first kappa shape index (κ1) is 23.6. The third-order valence-corrected chi connectivity index (χ3v) is 5.62. The van der Waals surface area contributed by atoms with E-state index in [4.69, 9.17) is 9.84 Å². The molecule has 0 bridgehead atoms. The van der Waals surface area contributed by atoms with Gasteiger partial charge in [0.2, 0.25) is 0 Å². The number of benzene rings is 2. The highest BCUT2D eigenvalue weighted by Crippen LogP contribution is 2.53. The molecule has 1 aliphatic carbocycles. The molecular weight excluding hydrogens is 406 g/mol. The number of rotatable bonds is 8. The van der Waals surface area contributed by atoms with E-state index in [2.05, 4.69) is 22.9 Å². The molecule has 0 saturated heterocycles. The van der Waals surface area contributed by atoms with Crippen molar-refractivity contribution in [2.75, 3.05) is 23.8 Å². The largest absolute Gasteiger partial charge is 0.444 e. The Morgan fingerprint density at radius 1 is 1.06 bits per heavy atom. The number of anilines is 2. The summed E-state index contributed by atoms with van der Waals surface area (Å²) in [5, 5.41) is 17.9. The molecule has 2 amide bonds. The summed E-state index contributed by atoms with van der Waals surface area (Å²) in [5.41, 5.74) is 2.43. The van der Waals surface area contributed by atoms with Crippen LogP contribution in [0, 0.1) is 0 Å². The number of hydrogen-bond acceptors (Lipinski definition) is 5. The van der Waals surface area contributed by atoms with Gasteiger partial charge in [-0.25, -0.2) is 4.79 Å². The summed E-state index contributed by atoms with van der Waals surface area (Å²) in [6.07, 6.45) is 1.30. The molecule has 3 rings (SSSR count). The molecule has 2 aromatic carbocycles. The molecule has 0 heterocycles. The fourth-order valence-corrected chi connectivity index (χ4v) is 3.81. The smallest absolute Gasteiger partial charge is 0.408 e. The third kappa shape index (κ3) is 6.01. The molecule has 7 heteroatoms. The van der Waals surface area contributed by atoms with E-state index in [1.807, 2.05) is 57.2 Å². The van der Waals surface area contributed by atoms with Crippen LogP contribution < -0.4 is 16.0 Å². The van der Waals surface area contributed by atoms with Gasteiger partial charge in [-0.2, -0.15) is 0 Å². The quantitative estimate of drug-likeness (QED) is 0.485. The van der Waals surface area contributed by atoms with Crippen molar-refractivity contribution in [1.82, 2.24) is 5.32 Å². The van der Waals surface area contributed by atoms with E-state index < -0.39 is 5.60 Å². The first-order valence-electron chi connectivity index (χ1n) is 11.0. The van der Waals surface area contributed by atoms with Crippen molar-refractivity contribution in [3.8, 4) is 0 Å². The lowest BCUT2D eigenvalue weighted by Crippen LogP contribution is -2.41. The van der Waals surface area contributed by atoms with Crippen LogP contribution in [0.1, 0.15) is 62.4 Å². The van der Waals surface area contributed by atoms with Crippen molar-refractivity contribution in [3.63, 3.8) is 0 Å². The van der Waals surface area contributed by atoms with Gasteiger partial charge < -0.3 is 25.8 Å². The maximum absolute atomic E-state index is 12.5. The lowest BCUT2D eigenvalue weighted by atomic mass is 10.0. The molecule has 0 aromatic heterocycles. The molecule has 0 aliphatic heterocycles. The molecule has 1 saturated carbocycles. The normalized spacial score (nSPS) is 19.7. The van der Waals surface area contributed by atoms with Crippen molar-refractivity contribution in [1.29, 1.82) is 0 Å². The second-order valence-electron chi connectivity index (χ2n) is 9.20. The Balaban J connectivity index is 1.58. The number of amides is 2. The van der Waals surface area contributed by atoms with E-state index in [9.17, 15) is 9.59 Å². The zero-order chi connectivity index (χ0) is 23.4. The maximum Gasteiger partial charge on any atom is 0.408 e. The van der Waals surface area contributed by atoms with E-state index in [1.54, 1.807) is 12.1 Å². The van der Waals surface area contributed by atoms with E-state index >= 15 is 0 Å². The Labute approximate surface area is 189 Å². The molecule has 2 atom stereocenters. The molecule has 1 aliphatic rings. The van der Waals surface area contributed by atoms with Crippen LogP contribution in [0.5, 0.6) is 0 Å². The molecule has 4 N–H and O–H groups in total. The number of nitrogens with one attached hydrogen (secondary N) is 3. The van der Waals surface area contributed by atoms with Crippen LogP contribution in [0.25, 0.3) is 0 Å². The Morgan fingerprint density at radius 2 is 1.69 bits per heavy atom. The lowest BCUT2D eigenvalue weighted by molar-refractivity contribution is 0.0492.